The minimum Gasteiger partial charge on any atom is -0.477 e. The van der Waals surface area contributed by atoms with Crippen molar-refractivity contribution in [3.63, 3.8) is 0 Å². The topological polar surface area (TPSA) is 66.0 Å². The van der Waals surface area contributed by atoms with Crippen LogP contribution >= 0.6 is 15.9 Å². The van der Waals surface area contributed by atoms with Gasteiger partial charge in [0.1, 0.15) is 5.69 Å². The van der Waals surface area contributed by atoms with Crippen molar-refractivity contribution in [2.75, 3.05) is 0 Å². The Hall–Kier alpha value is -1.83. The molecular formula is C11H6BrF3N2O2. The Kier molecular flexibility index (Phi) is 3.36. The van der Waals surface area contributed by atoms with Crippen molar-refractivity contribution in [2.45, 2.75) is 6.18 Å². The number of aromatic nitrogens is 2. The normalized spacial score (nSPS) is 11.6. The van der Waals surface area contributed by atoms with Gasteiger partial charge in [0.2, 0.25) is 0 Å². The van der Waals surface area contributed by atoms with Gasteiger partial charge < -0.3 is 5.11 Å². The van der Waals surface area contributed by atoms with Gasteiger partial charge in [-0.2, -0.15) is 18.3 Å². The molecule has 8 heteroatoms. The third-order valence-corrected chi connectivity index (χ3v) is 3.04. The van der Waals surface area contributed by atoms with E-state index in [1.54, 1.807) is 0 Å². The van der Waals surface area contributed by atoms with Gasteiger partial charge in [0, 0.05) is 10.0 Å². The third-order valence-electron chi connectivity index (χ3n) is 2.38. The highest BCUT2D eigenvalue weighted by Crippen LogP contribution is 2.40. The number of aromatic amines is 1. The van der Waals surface area contributed by atoms with Crippen molar-refractivity contribution >= 4 is 21.9 Å². The Balaban J connectivity index is 2.63. The second-order valence-electron chi connectivity index (χ2n) is 3.63. The van der Waals surface area contributed by atoms with Crippen LogP contribution in [0.15, 0.2) is 28.7 Å². The molecule has 0 atom stereocenters. The number of nitrogens with zero attached hydrogens (tertiary/aromatic N) is 1. The maximum absolute atomic E-state index is 12.9. The lowest BCUT2D eigenvalue weighted by Gasteiger charge is -2.12. The van der Waals surface area contributed by atoms with Crippen LogP contribution in [0.2, 0.25) is 0 Å². The second kappa shape index (κ2) is 4.69. The molecule has 0 saturated carbocycles. The summed E-state index contributed by atoms with van der Waals surface area (Å²) in [6, 6.07) is 4.65. The fourth-order valence-corrected chi connectivity index (χ4v) is 2.15. The van der Waals surface area contributed by atoms with Crippen LogP contribution in [0.3, 0.4) is 0 Å². The molecule has 0 radical (unpaired) electrons. The minimum atomic E-state index is -4.55. The summed E-state index contributed by atoms with van der Waals surface area (Å²) in [5.41, 5.74) is -1.44. The number of halogens is 4. The van der Waals surface area contributed by atoms with Crippen LogP contribution in [0.5, 0.6) is 0 Å². The number of carbonyl (C=O) groups is 1. The van der Waals surface area contributed by atoms with Crippen LogP contribution in [0.1, 0.15) is 16.1 Å². The molecule has 2 N–H and O–H groups in total. The highest BCUT2D eigenvalue weighted by molar-refractivity contribution is 9.10. The first kappa shape index (κ1) is 13.6. The van der Waals surface area contributed by atoms with E-state index in [1.165, 1.54) is 12.1 Å². The number of nitrogens with one attached hydrogen (secondary N) is 1. The number of alkyl halides is 3. The summed E-state index contributed by atoms with van der Waals surface area (Å²) in [4.78, 5) is 10.7. The van der Waals surface area contributed by atoms with Gasteiger partial charge in [0.25, 0.3) is 0 Å². The van der Waals surface area contributed by atoms with Crippen LogP contribution < -0.4 is 0 Å². The van der Waals surface area contributed by atoms with Gasteiger partial charge >= 0.3 is 12.1 Å². The van der Waals surface area contributed by atoms with E-state index >= 15 is 0 Å². The number of carboxylic acids is 1. The number of benzene rings is 1. The average molecular weight is 335 g/mol. The first-order valence-corrected chi connectivity index (χ1v) is 5.75. The lowest BCUT2D eigenvalue weighted by atomic mass is 10.0. The first-order valence-electron chi connectivity index (χ1n) is 4.95. The van der Waals surface area contributed by atoms with E-state index in [1.807, 2.05) is 0 Å². The Bertz CT molecular complexity index is 637. The zero-order chi connectivity index (χ0) is 14.2. The van der Waals surface area contributed by atoms with Crippen molar-refractivity contribution in [2.24, 2.45) is 0 Å². The molecular weight excluding hydrogens is 329 g/mol. The van der Waals surface area contributed by atoms with Gasteiger partial charge in [-0.1, -0.05) is 22.0 Å². The SMILES string of the molecule is O=C(O)c1cc(-c2c(Br)cccc2C(F)(F)F)n[nH]1. The lowest BCUT2D eigenvalue weighted by Crippen LogP contribution is -2.07. The maximum Gasteiger partial charge on any atom is 0.417 e. The molecule has 0 unspecified atom stereocenters. The molecule has 0 spiro atoms. The predicted octanol–water partition coefficient (Wildman–Crippen LogP) is 3.56. The molecule has 0 bridgehead atoms. The van der Waals surface area contributed by atoms with Crippen LogP contribution in [-0.4, -0.2) is 21.3 Å². The molecule has 1 aromatic carbocycles. The zero-order valence-electron chi connectivity index (χ0n) is 9.12. The largest absolute Gasteiger partial charge is 0.477 e. The summed E-state index contributed by atoms with van der Waals surface area (Å²) in [6.45, 7) is 0. The molecule has 0 aliphatic rings. The molecule has 0 aliphatic heterocycles. The van der Waals surface area contributed by atoms with Crippen LogP contribution in [0.25, 0.3) is 11.3 Å². The van der Waals surface area contributed by atoms with Gasteiger partial charge in [-0.05, 0) is 18.2 Å². The van der Waals surface area contributed by atoms with Crippen LogP contribution in [-0.2, 0) is 6.18 Å². The smallest absolute Gasteiger partial charge is 0.417 e. The van der Waals surface area contributed by atoms with Gasteiger partial charge in [-0.3, -0.25) is 5.10 Å². The summed E-state index contributed by atoms with van der Waals surface area (Å²) in [7, 11) is 0. The van der Waals surface area contributed by atoms with Crippen LogP contribution in [0.4, 0.5) is 13.2 Å². The number of carboxylic acid groups (broad SMARTS) is 1. The van der Waals surface area contributed by atoms with Crippen molar-refractivity contribution in [3.05, 3.63) is 40.0 Å². The number of H-pyrrole nitrogens is 1. The molecule has 1 aromatic heterocycles. The van der Waals surface area contributed by atoms with Gasteiger partial charge in [-0.25, -0.2) is 4.79 Å². The highest BCUT2D eigenvalue weighted by Gasteiger charge is 2.35. The lowest BCUT2D eigenvalue weighted by molar-refractivity contribution is -0.137. The molecule has 1 heterocycles. The van der Waals surface area contributed by atoms with E-state index in [9.17, 15) is 18.0 Å². The fourth-order valence-electron chi connectivity index (χ4n) is 1.58. The molecule has 0 saturated heterocycles. The molecule has 0 aliphatic carbocycles. The van der Waals surface area contributed by atoms with Gasteiger partial charge in [-0.15, -0.1) is 0 Å². The number of rotatable bonds is 2. The van der Waals surface area contributed by atoms with Gasteiger partial charge in [0.15, 0.2) is 0 Å². The standard InChI is InChI=1S/C11H6BrF3N2O2/c12-6-3-1-2-5(11(13,14)15)9(6)7-4-8(10(18)19)17-16-7/h1-4H,(H,16,17)(H,18,19). The summed E-state index contributed by atoms with van der Waals surface area (Å²) < 4.78 is 38.9. The fraction of sp³-hybridized carbons (Fsp3) is 0.0909. The number of hydrogen-bond acceptors (Lipinski definition) is 2. The zero-order valence-corrected chi connectivity index (χ0v) is 10.7. The van der Waals surface area contributed by atoms with Crippen molar-refractivity contribution < 1.29 is 23.1 Å². The molecule has 0 fully saturated rings. The Morgan fingerprint density at radius 2 is 2.05 bits per heavy atom. The maximum atomic E-state index is 12.9. The predicted molar refractivity (Wildman–Crippen MR) is 63.7 cm³/mol. The Morgan fingerprint density at radius 1 is 1.37 bits per heavy atom. The Morgan fingerprint density at radius 3 is 2.58 bits per heavy atom. The number of hydrogen-bond donors (Lipinski definition) is 2. The quantitative estimate of drug-likeness (QED) is 0.882. The molecule has 100 valence electrons. The second-order valence-corrected chi connectivity index (χ2v) is 4.49. The van der Waals surface area contributed by atoms with Crippen LogP contribution in [0, 0.1) is 0 Å². The molecule has 19 heavy (non-hydrogen) atoms. The van der Waals surface area contributed by atoms with Crippen molar-refractivity contribution in [1.82, 2.24) is 10.2 Å². The van der Waals surface area contributed by atoms with E-state index < -0.39 is 17.7 Å². The summed E-state index contributed by atoms with van der Waals surface area (Å²) in [5.74, 6) is -1.29. The average Bonchev–Trinajstić information content (AvgIpc) is 2.76. The van der Waals surface area contributed by atoms with Crippen molar-refractivity contribution in [3.8, 4) is 11.3 Å². The Labute approximate surface area is 113 Å². The van der Waals surface area contributed by atoms with E-state index in [4.69, 9.17) is 5.11 Å². The molecule has 2 rings (SSSR count). The summed E-state index contributed by atoms with van der Waals surface area (Å²) in [6.07, 6.45) is -4.55. The van der Waals surface area contributed by atoms with Gasteiger partial charge in [0.05, 0.1) is 11.3 Å². The molecule has 4 nitrogen and oxygen atoms in total. The third kappa shape index (κ3) is 2.62. The monoisotopic (exact) mass is 334 g/mol. The van der Waals surface area contributed by atoms with E-state index in [0.29, 0.717) is 0 Å². The summed E-state index contributed by atoms with van der Waals surface area (Å²) in [5, 5.41) is 14.5. The molecule has 0 amide bonds. The van der Waals surface area contributed by atoms with Crippen molar-refractivity contribution in [1.29, 1.82) is 0 Å². The first-order chi connectivity index (χ1) is 8.80. The highest BCUT2D eigenvalue weighted by atomic mass is 79.9. The number of aromatic carboxylic acids is 1. The van der Waals surface area contributed by atoms with E-state index in [-0.39, 0.29) is 21.4 Å². The summed E-state index contributed by atoms with van der Waals surface area (Å²) >= 11 is 3.02. The molecule has 2 aromatic rings. The van der Waals surface area contributed by atoms with E-state index in [0.717, 1.165) is 12.1 Å². The minimum absolute atomic E-state index is 0.0859. The van der Waals surface area contributed by atoms with E-state index in [2.05, 4.69) is 26.1 Å².